The monoisotopic (exact) mass is 580 g/mol. The van der Waals surface area contributed by atoms with Crippen LogP contribution in [0.25, 0.3) is 0 Å². The zero-order valence-corrected chi connectivity index (χ0v) is 25.8. The number of ether oxygens (including phenoxy) is 2. The van der Waals surface area contributed by atoms with Crippen molar-refractivity contribution in [2.24, 2.45) is 5.10 Å². The average Bonchev–Trinajstić information content (AvgIpc) is 3.06. The van der Waals surface area contributed by atoms with Crippen LogP contribution >= 0.6 is 0 Å². The summed E-state index contributed by atoms with van der Waals surface area (Å²) in [6.07, 6.45) is 1.50. The van der Waals surface area contributed by atoms with Crippen molar-refractivity contribution in [2.75, 3.05) is 20.2 Å². The van der Waals surface area contributed by atoms with E-state index in [0.29, 0.717) is 6.42 Å². The van der Waals surface area contributed by atoms with Crippen molar-refractivity contribution in [3.8, 4) is 0 Å². The maximum atomic E-state index is 12.9. The summed E-state index contributed by atoms with van der Waals surface area (Å²) in [5, 5.41) is 4.94. The van der Waals surface area contributed by atoms with E-state index in [1.165, 1.54) is 23.3 Å². The molecule has 1 unspecified atom stereocenters. The zero-order valence-electron chi connectivity index (χ0n) is 25.8. The van der Waals surface area contributed by atoms with Crippen LogP contribution in [-0.2, 0) is 43.4 Å². The number of carbonyl (C=O) groups excluding carboxylic acids is 3. The Morgan fingerprint density at radius 3 is 2.31 bits per heavy atom. The van der Waals surface area contributed by atoms with Crippen molar-refractivity contribution >= 4 is 24.2 Å². The van der Waals surface area contributed by atoms with E-state index in [2.05, 4.69) is 27.6 Å². The van der Waals surface area contributed by atoms with E-state index in [9.17, 15) is 14.4 Å². The Hall–Kier alpha value is -3.76. The van der Waals surface area contributed by atoms with E-state index in [-0.39, 0.29) is 18.4 Å². The molecule has 0 saturated carbocycles. The van der Waals surface area contributed by atoms with Gasteiger partial charge in [-0.1, -0.05) is 48.5 Å². The highest BCUT2D eigenvalue weighted by atomic mass is 16.7. The van der Waals surface area contributed by atoms with Crippen molar-refractivity contribution in [3.05, 3.63) is 70.8 Å². The molecule has 2 amide bonds. The molecule has 10 nitrogen and oxygen atoms in total. The first-order chi connectivity index (χ1) is 19.7. The summed E-state index contributed by atoms with van der Waals surface area (Å²) in [7, 11) is 1.43. The molecule has 10 heteroatoms. The van der Waals surface area contributed by atoms with Gasteiger partial charge in [0.2, 0.25) is 0 Å². The number of amides is 2. The molecule has 0 saturated heterocycles. The lowest BCUT2D eigenvalue weighted by Gasteiger charge is -2.29. The van der Waals surface area contributed by atoms with Gasteiger partial charge in [0.05, 0.1) is 25.7 Å². The highest BCUT2D eigenvalue weighted by Gasteiger charge is 2.26. The standard InChI is InChI=1S/C32H44N4O6/c1-31(2,3)41-30(39)34-33-19-28(37)36(42-32(4,5)6)21-24-14-12-23(13-15-24)20-35-17-16-25-10-8-9-11-27(25)26(22-35)18-29(38)40-7/h8-15,19,26H,16-18,20-22H2,1-7H3,(H,34,39). The summed E-state index contributed by atoms with van der Waals surface area (Å²) >= 11 is 0. The Kier molecular flexibility index (Phi) is 11.2. The molecule has 3 rings (SSSR count). The summed E-state index contributed by atoms with van der Waals surface area (Å²) < 4.78 is 10.1. The van der Waals surface area contributed by atoms with Crippen molar-refractivity contribution in [1.29, 1.82) is 0 Å². The number of nitrogens with one attached hydrogen (secondary N) is 1. The fourth-order valence-electron chi connectivity index (χ4n) is 4.71. The van der Waals surface area contributed by atoms with Gasteiger partial charge in [-0.3, -0.25) is 19.3 Å². The Bertz CT molecular complexity index is 1250. The average molecular weight is 581 g/mol. The normalized spacial score (nSPS) is 15.9. The Balaban J connectivity index is 1.65. The van der Waals surface area contributed by atoms with Crippen molar-refractivity contribution in [1.82, 2.24) is 15.4 Å². The summed E-state index contributed by atoms with van der Waals surface area (Å²) in [5.74, 6) is -0.662. The number of hydrazone groups is 1. The number of fused-ring (bicyclic) bond motifs is 1. The summed E-state index contributed by atoms with van der Waals surface area (Å²) in [4.78, 5) is 45.1. The molecule has 1 aliphatic heterocycles. The second-order valence-corrected chi connectivity index (χ2v) is 12.4. The second-order valence-electron chi connectivity index (χ2n) is 12.4. The molecule has 1 aliphatic rings. The smallest absolute Gasteiger partial charge is 0.428 e. The molecule has 0 bridgehead atoms. The lowest BCUT2D eigenvalue weighted by Crippen LogP contribution is -2.39. The molecule has 2 aromatic rings. The summed E-state index contributed by atoms with van der Waals surface area (Å²) in [6.45, 7) is 13.3. The van der Waals surface area contributed by atoms with Gasteiger partial charge in [0.15, 0.2) is 0 Å². The minimum atomic E-state index is -0.754. The Morgan fingerprint density at radius 2 is 1.67 bits per heavy atom. The topological polar surface area (TPSA) is 110 Å². The van der Waals surface area contributed by atoms with Crippen LogP contribution in [0.15, 0.2) is 53.6 Å². The van der Waals surface area contributed by atoms with Crippen LogP contribution in [0.4, 0.5) is 4.79 Å². The van der Waals surface area contributed by atoms with Gasteiger partial charge in [0.25, 0.3) is 5.91 Å². The fraction of sp³-hybridized carbons (Fsp3) is 0.500. The number of carbonyl (C=O) groups is 3. The van der Waals surface area contributed by atoms with Gasteiger partial charge in [0.1, 0.15) is 11.8 Å². The van der Waals surface area contributed by atoms with E-state index in [4.69, 9.17) is 14.3 Å². The van der Waals surface area contributed by atoms with E-state index in [0.717, 1.165) is 43.4 Å². The molecule has 2 aromatic carbocycles. The van der Waals surface area contributed by atoms with Crippen molar-refractivity contribution < 1.29 is 28.7 Å². The van der Waals surface area contributed by atoms with Gasteiger partial charge in [-0.25, -0.2) is 15.3 Å². The number of esters is 1. The predicted molar refractivity (Wildman–Crippen MR) is 160 cm³/mol. The molecule has 0 aromatic heterocycles. The number of rotatable bonds is 9. The van der Waals surface area contributed by atoms with Gasteiger partial charge in [-0.05, 0) is 70.2 Å². The highest BCUT2D eigenvalue weighted by molar-refractivity contribution is 6.25. The number of nitrogens with zero attached hydrogens (tertiary/aromatic N) is 3. The Morgan fingerprint density at radius 1 is 1.00 bits per heavy atom. The number of hydroxylamine groups is 2. The largest absolute Gasteiger partial charge is 0.469 e. The molecular formula is C32H44N4O6. The molecule has 42 heavy (non-hydrogen) atoms. The molecule has 0 fully saturated rings. The lowest BCUT2D eigenvalue weighted by molar-refractivity contribution is -0.225. The molecule has 0 radical (unpaired) electrons. The van der Waals surface area contributed by atoms with Gasteiger partial charge in [0, 0.05) is 25.6 Å². The van der Waals surface area contributed by atoms with Gasteiger partial charge in [-0.15, -0.1) is 0 Å². The molecule has 0 spiro atoms. The molecule has 228 valence electrons. The maximum absolute atomic E-state index is 12.9. The number of methoxy groups -OCH3 is 1. The van der Waals surface area contributed by atoms with Gasteiger partial charge < -0.3 is 9.47 Å². The Labute approximate surface area is 248 Å². The van der Waals surface area contributed by atoms with Crippen LogP contribution in [0.1, 0.15) is 76.1 Å². The van der Waals surface area contributed by atoms with E-state index in [1.807, 2.05) is 57.2 Å². The highest BCUT2D eigenvalue weighted by Crippen LogP contribution is 2.29. The first kappa shape index (κ1) is 32.8. The minimum Gasteiger partial charge on any atom is -0.469 e. The minimum absolute atomic E-state index is 0.0658. The van der Waals surface area contributed by atoms with Crippen LogP contribution in [0, 0.1) is 0 Å². The van der Waals surface area contributed by atoms with E-state index >= 15 is 0 Å². The quantitative estimate of drug-likeness (QED) is 0.254. The first-order valence-corrected chi connectivity index (χ1v) is 14.2. The molecule has 0 aliphatic carbocycles. The molecule has 1 heterocycles. The zero-order chi connectivity index (χ0) is 30.9. The van der Waals surface area contributed by atoms with E-state index in [1.54, 1.807) is 20.8 Å². The van der Waals surface area contributed by atoms with Gasteiger partial charge in [-0.2, -0.15) is 5.10 Å². The number of hydrogen-bond donors (Lipinski definition) is 1. The third kappa shape index (κ3) is 10.9. The van der Waals surface area contributed by atoms with Crippen LogP contribution < -0.4 is 5.43 Å². The fourth-order valence-corrected chi connectivity index (χ4v) is 4.71. The maximum Gasteiger partial charge on any atom is 0.428 e. The van der Waals surface area contributed by atoms with Crippen molar-refractivity contribution in [2.45, 2.75) is 84.6 Å². The van der Waals surface area contributed by atoms with Crippen LogP contribution in [0.5, 0.6) is 0 Å². The van der Waals surface area contributed by atoms with Crippen LogP contribution in [0.2, 0.25) is 0 Å². The number of hydrogen-bond acceptors (Lipinski definition) is 8. The third-order valence-electron chi connectivity index (χ3n) is 6.43. The van der Waals surface area contributed by atoms with Crippen molar-refractivity contribution in [3.63, 3.8) is 0 Å². The second kappa shape index (κ2) is 14.4. The summed E-state index contributed by atoms with van der Waals surface area (Å²) in [5.41, 5.74) is 5.38. The third-order valence-corrected chi connectivity index (χ3v) is 6.43. The lowest BCUT2D eigenvalue weighted by atomic mass is 9.91. The summed E-state index contributed by atoms with van der Waals surface area (Å²) in [6, 6.07) is 16.4. The van der Waals surface area contributed by atoms with Crippen LogP contribution in [-0.4, -0.2) is 65.5 Å². The predicted octanol–water partition coefficient (Wildman–Crippen LogP) is 4.96. The van der Waals surface area contributed by atoms with Crippen LogP contribution in [0.3, 0.4) is 0 Å². The molecule has 1 N–H and O–H groups in total. The molecular weight excluding hydrogens is 536 g/mol. The number of benzene rings is 2. The first-order valence-electron chi connectivity index (χ1n) is 14.2. The molecule has 1 atom stereocenters. The SMILES string of the molecule is COC(=O)CC1CN(Cc2ccc(CN(OC(C)(C)C)C(=O)C=NNC(=O)OC(C)(C)C)cc2)CCc2ccccc21. The van der Waals surface area contributed by atoms with Gasteiger partial charge >= 0.3 is 12.1 Å². The van der Waals surface area contributed by atoms with E-state index < -0.39 is 23.2 Å².